The molecule has 4 rings (SSSR count). The highest BCUT2D eigenvalue weighted by atomic mass is 16.6. The van der Waals surface area contributed by atoms with Crippen LogP contribution in [0.1, 0.15) is 12.7 Å². The molecule has 1 N–H and O–H groups in total. The van der Waals surface area contributed by atoms with Crippen LogP contribution in [0.25, 0.3) is 17.4 Å². The second-order valence-corrected chi connectivity index (χ2v) is 7.22. The zero-order valence-electron chi connectivity index (χ0n) is 17.1. The number of hydrogen-bond acceptors (Lipinski definition) is 8. The van der Waals surface area contributed by atoms with Crippen molar-refractivity contribution >= 4 is 29.3 Å². The van der Waals surface area contributed by atoms with Gasteiger partial charge in [0.05, 0.1) is 18.1 Å². The Bertz CT molecular complexity index is 1230. The van der Waals surface area contributed by atoms with Crippen molar-refractivity contribution in [3.05, 3.63) is 62.9 Å². The van der Waals surface area contributed by atoms with Gasteiger partial charge in [-0.2, -0.15) is 5.26 Å². The number of furan rings is 1. The van der Waals surface area contributed by atoms with E-state index in [9.17, 15) is 19.7 Å². The quantitative estimate of drug-likeness (QED) is 0.335. The van der Waals surface area contributed by atoms with Crippen molar-refractivity contribution in [2.24, 2.45) is 0 Å². The Balaban J connectivity index is 1.67. The molecule has 32 heavy (non-hydrogen) atoms. The van der Waals surface area contributed by atoms with Crippen molar-refractivity contribution < 1.29 is 23.7 Å². The first-order chi connectivity index (χ1) is 15.4. The lowest BCUT2D eigenvalue weighted by atomic mass is 9.96. The van der Waals surface area contributed by atoms with Crippen LogP contribution in [0.2, 0.25) is 0 Å². The third kappa shape index (κ3) is 3.89. The molecular formula is C22H18N4O6. The number of ether oxygens (including phenoxy) is 1. The molecule has 0 radical (unpaired) electrons. The number of rotatable bonds is 4. The fraction of sp³-hybridized carbons (Fsp3) is 0.227. The van der Waals surface area contributed by atoms with E-state index in [0.717, 1.165) is 0 Å². The summed E-state index contributed by atoms with van der Waals surface area (Å²) in [4.78, 5) is 37.1. The third-order valence-electron chi connectivity index (χ3n) is 5.31. The molecule has 0 spiro atoms. The molecule has 2 aliphatic rings. The Hall–Kier alpha value is -4.23. The molecule has 10 nitrogen and oxygen atoms in total. The summed E-state index contributed by atoms with van der Waals surface area (Å²) in [6, 6.07) is 9.90. The first-order valence-corrected chi connectivity index (χ1v) is 9.79. The number of morpholine rings is 1. The van der Waals surface area contributed by atoms with E-state index in [2.05, 4.69) is 5.32 Å². The lowest BCUT2D eigenvalue weighted by molar-refractivity contribution is -0.384. The summed E-state index contributed by atoms with van der Waals surface area (Å²) in [6.45, 7) is 3.67. The highest BCUT2D eigenvalue weighted by Gasteiger charge is 2.28. The van der Waals surface area contributed by atoms with Crippen LogP contribution in [0, 0.1) is 21.4 Å². The van der Waals surface area contributed by atoms with Crippen LogP contribution >= 0.6 is 0 Å². The first-order valence-electron chi connectivity index (χ1n) is 9.79. The van der Waals surface area contributed by atoms with Crippen LogP contribution in [-0.4, -0.2) is 43.0 Å². The maximum Gasteiger partial charge on any atom is 0.293 e. The zero-order chi connectivity index (χ0) is 22.8. The van der Waals surface area contributed by atoms with E-state index in [1.54, 1.807) is 30.3 Å². The molecule has 162 valence electrons. The van der Waals surface area contributed by atoms with Crippen LogP contribution < -0.4 is 10.2 Å². The molecule has 1 saturated heterocycles. The average molecular weight is 434 g/mol. The van der Waals surface area contributed by atoms with Crippen LogP contribution in [-0.2, 0) is 14.3 Å². The van der Waals surface area contributed by atoms with Crippen LogP contribution in [0.3, 0.4) is 0 Å². The molecule has 0 aliphatic carbocycles. The fourth-order valence-electron chi connectivity index (χ4n) is 3.64. The van der Waals surface area contributed by atoms with Gasteiger partial charge in [0.15, 0.2) is 0 Å². The molecule has 1 aromatic heterocycles. The van der Waals surface area contributed by atoms with Crippen molar-refractivity contribution in [2.45, 2.75) is 6.92 Å². The number of carbonyl (C=O) groups is 2. The number of nitro benzene ring substituents is 1. The molecule has 1 aromatic carbocycles. The molecule has 3 heterocycles. The van der Waals surface area contributed by atoms with Crippen LogP contribution in [0.5, 0.6) is 0 Å². The van der Waals surface area contributed by atoms with Crippen molar-refractivity contribution in [3.8, 4) is 17.4 Å². The van der Waals surface area contributed by atoms with Gasteiger partial charge >= 0.3 is 0 Å². The molecule has 2 amide bonds. The van der Waals surface area contributed by atoms with Gasteiger partial charge in [0, 0.05) is 30.3 Å². The second kappa shape index (κ2) is 8.49. The fourth-order valence-corrected chi connectivity index (χ4v) is 3.64. The number of nitriles is 1. The van der Waals surface area contributed by atoms with E-state index in [0.29, 0.717) is 49.1 Å². The van der Waals surface area contributed by atoms with Crippen molar-refractivity contribution in [1.29, 1.82) is 5.26 Å². The minimum Gasteiger partial charge on any atom is -0.457 e. The van der Waals surface area contributed by atoms with E-state index in [-0.39, 0.29) is 22.4 Å². The topological polar surface area (TPSA) is 139 Å². The summed E-state index contributed by atoms with van der Waals surface area (Å²) in [5, 5.41) is 22.9. The number of anilines is 1. The average Bonchev–Trinajstić information content (AvgIpc) is 3.26. The molecule has 0 saturated carbocycles. The monoisotopic (exact) mass is 434 g/mol. The van der Waals surface area contributed by atoms with Gasteiger partial charge in [-0.3, -0.25) is 25.0 Å². The summed E-state index contributed by atoms with van der Waals surface area (Å²) in [6.07, 6.45) is 1.43. The zero-order valence-corrected chi connectivity index (χ0v) is 17.1. The molecule has 2 aliphatic heterocycles. The van der Waals surface area contributed by atoms with E-state index < -0.39 is 16.7 Å². The number of hydrogen-bond donors (Lipinski definition) is 1. The number of nitrogens with zero attached hydrogens (tertiary/aromatic N) is 3. The molecule has 10 heteroatoms. The van der Waals surface area contributed by atoms with Crippen LogP contribution in [0.15, 0.2) is 51.5 Å². The Labute approximate surface area is 182 Å². The van der Waals surface area contributed by atoms with Gasteiger partial charge in [-0.05, 0) is 42.8 Å². The van der Waals surface area contributed by atoms with E-state index in [4.69, 9.17) is 14.4 Å². The van der Waals surface area contributed by atoms with Crippen LogP contribution in [0.4, 0.5) is 11.4 Å². The third-order valence-corrected chi connectivity index (χ3v) is 5.31. The summed E-state index contributed by atoms with van der Waals surface area (Å²) < 4.78 is 11.1. The van der Waals surface area contributed by atoms with E-state index >= 15 is 0 Å². The van der Waals surface area contributed by atoms with Gasteiger partial charge in [-0.25, -0.2) is 0 Å². The minimum atomic E-state index is -0.736. The Kier molecular flexibility index (Phi) is 5.57. The standard InChI is InChI=1S/C22H18N4O6/c1-13-16(21(27)24-22(28)17(13)12-23)11-15-3-5-20(32-15)14-2-4-18(19(10-14)26(29)30)25-6-8-31-9-7-25/h2-5,10-11H,6-9H2,1H3,(H,24,27,28)/b16-11-. The molecule has 0 unspecified atom stereocenters. The largest absolute Gasteiger partial charge is 0.457 e. The summed E-state index contributed by atoms with van der Waals surface area (Å²) >= 11 is 0. The number of nitro groups is 1. The predicted molar refractivity (Wildman–Crippen MR) is 113 cm³/mol. The molecular weight excluding hydrogens is 416 g/mol. The number of nitrogens with one attached hydrogen (secondary N) is 1. The number of benzene rings is 1. The SMILES string of the molecule is CC1=C(C#N)C(=O)NC(=O)/C1=C\c1ccc(-c2ccc(N3CCOCC3)c([N+](=O)[O-])c2)o1. The molecule has 0 atom stereocenters. The number of amides is 2. The van der Waals surface area contributed by atoms with E-state index in [1.165, 1.54) is 19.1 Å². The minimum absolute atomic E-state index is 0.0386. The number of imide groups is 1. The lowest BCUT2D eigenvalue weighted by Crippen LogP contribution is -2.37. The summed E-state index contributed by atoms with van der Waals surface area (Å²) in [5.74, 6) is -0.686. The Morgan fingerprint density at radius 3 is 2.62 bits per heavy atom. The van der Waals surface area contributed by atoms with Gasteiger partial charge in [0.25, 0.3) is 17.5 Å². The van der Waals surface area contributed by atoms with E-state index in [1.807, 2.05) is 4.90 Å². The maximum atomic E-state index is 12.2. The highest BCUT2D eigenvalue weighted by Crippen LogP contribution is 2.34. The smallest absolute Gasteiger partial charge is 0.293 e. The van der Waals surface area contributed by atoms with Gasteiger partial charge in [0.2, 0.25) is 0 Å². The first kappa shape index (κ1) is 21.0. The lowest BCUT2D eigenvalue weighted by Gasteiger charge is -2.28. The van der Waals surface area contributed by atoms with Crippen molar-refractivity contribution in [2.75, 3.05) is 31.2 Å². The van der Waals surface area contributed by atoms with Gasteiger partial charge in [0.1, 0.15) is 28.9 Å². The normalized spacial score (nSPS) is 18.0. The molecule has 2 aromatic rings. The number of carbonyl (C=O) groups excluding carboxylic acids is 2. The Morgan fingerprint density at radius 2 is 1.94 bits per heavy atom. The van der Waals surface area contributed by atoms with Crippen molar-refractivity contribution in [1.82, 2.24) is 5.32 Å². The van der Waals surface area contributed by atoms with Crippen molar-refractivity contribution in [3.63, 3.8) is 0 Å². The molecule has 0 bridgehead atoms. The summed E-state index contributed by atoms with van der Waals surface area (Å²) in [7, 11) is 0. The predicted octanol–water partition coefficient (Wildman–Crippen LogP) is 2.57. The summed E-state index contributed by atoms with van der Waals surface area (Å²) in [5.41, 5.74) is 1.23. The highest BCUT2D eigenvalue weighted by molar-refractivity contribution is 6.19. The van der Waals surface area contributed by atoms with Gasteiger partial charge in [-0.15, -0.1) is 0 Å². The Morgan fingerprint density at radius 1 is 1.19 bits per heavy atom. The van der Waals surface area contributed by atoms with Gasteiger partial charge < -0.3 is 14.1 Å². The molecule has 1 fully saturated rings. The second-order valence-electron chi connectivity index (χ2n) is 7.22. The maximum absolute atomic E-state index is 12.2. The van der Waals surface area contributed by atoms with Gasteiger partial charge in [-0.1, -0.05) is 0 Å².